The zero-order valence-corrected chi connectivity index (χ0v) is 11.7. The Kier molecular flexibility index (Phi) is 5.53. The van der Waals surface area contributed by atoms with Gasteiger partial charge in [0, 0.05) is 13.1 Å². The van der Waals surface area contributed by atoms with E-state index in [2.05, 4.69) is 4.90 Å². The minimum absolute atomic E-state index is 0.172. The Labute approximate surface area is 119 Å². The van der Waals surface area contributed by atoms with Gasteiger partial charge in [0.15, 0.2) is 0 Å². The zero-order chi connectivity index (χ0) is 14.4. The van der Waals surface area contributed by atoms with Crippen LogP contribution >= 0.6 is 0 Å². The van der Waals surface area contributed by atoms with Crippen LogP contribution in [0.3, 0.4) is 0 Å². The number of nitrogens with zero attached hydrogens (tertiary/aromatic N) is 1. The first-order valence-corrected chi connectivity index (χ1v) is 7.32. The zero-order valence-electron chi connectivity index (χ0n) is 11.7. The lowest BCUT2D eigenvalue weighted by Crippen LogP contribution is -2.36. The fraction of sp³-hybridized carbons (Fsp3) is 0.562. The molecule has 1 aliphatic rings. The fourth-order valence-corrected chi connectivity index (χ4v) is 2.91. The quantitative estimate of drug-likeness (QED) is 0.870. The van der Waals surface area contributed by atoms with Gasteiger partial charge in [-0.25, -0.2) is 4.39 Å². The average Bonchev–Trinajstić information content (AvgIpc) is 2.43. The highest BCUT2D eigenvalue weighted by molar-refractivity contribution is 5.66. The van der Waals surface area contributed by atoms with Crippen molar-refractivity contribution < 1.29 is 14.3 Å². The monoisotopic (exact) mass is 279 g/mol. The molecule has 0 amide bonds. The lowest BCUT2D eigenvalue weighted by Gasteiger charge is -2.32. The van der Waals surface area contributed by atoms with Crippen molar-refractivity contribution in [3.05, 3.63) is 35.6 Å². The van der Waals surface area contributed by atoms with Crippen LogP contribution in [0.15, 0.2) is 24.3 Å². The molecule has 1 aromatic carbocycles. The third-order valence-corrected chi connectivity index (χ3v) is 3.98. The van der Waals surface area contributed by atoms with Gasteiger partial charge in [-0.05, 0) is 55.8 Å². The van der Waals surface area contributed by atoms with Gasteiger partial charge in [-0.15, -0.1) is 0 Å². The summed E-state index contributed by atoms with van der Waals surface area (Å²) in [4.78, 5) is 12.8. The third-order valence-electron chi connectivity index (χ3n) is 3.98. The number of aliphatic carboxylic acids is 1. The summed E-state index contributed by atoms with van der Waals surface area (Å²) in [6.07, 6.45) is 4.49. The van der Waals surface area contributed by atoms with Gasteiger partial charge >= 0.3 is 5.97 Å². The second kappa shape index (κ2) is 7.39. The molecule has 3 nitrogen and oxygen atoms in total. The molecule has 110 valence electrons. The second-order valence-electron chi connectivity index (χ2n) is 5.62. The van der Waals surface area contributed by atoms with Gasteiger partial charge in [0.2, 0.25) is 0 Å². The summed E-state index contributed by atoms with van der Waals surface area (Å²) in [5.74, 6) is -0.304. The van der Waals surface area contributed by atoms with Gasteiger partial charge in [-0.1, -0.05) is 12.1 Å². The Morgan fingerprint density at radius 2 is 2.30 bits per heavy atom. The lowest BCUT2D eigenvalue weighted by molar-refractivity contribution is -0.137. The van der Waals surface area contributed by atoms with Crippen molar-refractivity contribution in [1.29, 1.82) is 0 Å². The molecule has 0 bridgehead atoms. The summed E-state index contributed by atoms with van der Waals surface area (Å²) in [5.41, 5.74) is 1.05. The number of benzene rings is 1. The van der Waals surface area contributed by atoms with E-state index in [4.69, 9.17) is 5.11 Å². The molecule has 1 saturated heterocycles. The van der Waals surface area contributed by atoms with Crippen molar-refractivity contribution in [3.8, 4) is 0 Å². The Balaban J connectivity index is 1.76. The van der Waals surface area contributed by atoms with Crippen LogP contribution in [0, 0.1) is 11.7 Å². The Morgan fingerprint density at radius 1 is 1.45 bits per heavy atom. The minimum atomic E-state index is -0.730. The molecular formula is C16H22FNO2. The molecule has 1 N–H and O–H groups in total. The molecule has 1 aromatic rings. The fourth-order valence-electron chi connectivity index (χ4n) is 2.91. The van der Waals surface area contributed by atoms with Crippen molar-refractivity contribution in [2.75, 3.05) is 19.6 Å². The summed E-state index contributed by atoms with van der Waals surface area (Å²) in [6, 6.07) is 6.79. The van der Waals surface area contributed by atoms with E-state index in [0.717, 1.165) is 37.9 Å². The maximum Gasteiger partial charge on any atom is 0.304 e. The van der Waals surface area contributed by atoms with Crippen molar-refractivity contribution in [3.63, 3.8) is 0 Å². The summed E-state index contributed by atoms with van der Waals surface area (Å²) in [5, 5.41) is 8.73. The smallest absolute Gasteiger partial charge is 0.304 e. The number of rotatable bonds is 6. The van der Waals surface area contributed by atoms with Gasteiger partial charge < -0.3 is 10.0 Å². The Morgan fingerprint density at radius 3 is 3.05 bits per heavy atom. The number of halogens is 1. The number of carbonyl (C=O) groups is 1. The van der Waals surface area contributed by atoms with E-state index in [1.807, 2.05) is 6.07 Å². The summed E-state index contributed by atoms with van der Waals surface area (Å²) >= 11 is 0. The average molecular weight is 279 g/mol. The van der Waals surface area contributed by atoms with E-state index in [0.29, 0.717) is 12.5 Å². The van der Waals surface area contributed by atoms with Crippen molar-refractivity contribution in [1.82, 2.24) is 4.90 Å². The second-order valence-corrected chi connectivity index (χ2v) is 5.62. The molecule has 0 aliphatic carbocycles. The number of carboxylic acid groups (broad SMARTS) is 1. The first kappa shape index (κ1) is 15.0. The molecular weight excluding hydrogens is 257 g/mol. The lowest BCUT2D eigenvalue weighted by atomic mass is 9.91. The van der Waals surface area contributed by atoms with Crippen LogP contribution in [0.5, 0.6) is 0 Å². The molecule has 1 atom stereocenters. The van der Waals surface area contributed by atoms with E-state index in [9.17, 15) is 9.18 Å². The van der Waals surface area contributed by atoms with E-state index in [1.165, 1.54) is 12.5 Å². The standard InChI is InChI=1S/C16H22FNO2/c17-15-5-1-3-13(11-15)6-7-14-4-2-9-18(12-14)10-8-16(19)20/h1,3,5,11,14H,2,4,6-10,12H2,(H,19,20)/t14-/m1/s1. The Hall–Kier alpha value is -1.42. The van der Waals surface area contributed by atoms with Crippen LogP contribution in [-0.4, -0.2) is 35.6 Å². The van der Waals surface area contributed by atoms with Crippen LogP contribution in [-0.2, 0) is 11.2 Å². The van der Waals surface area contributed by atoms with Crippen LogP contribution in [0.25, 0.3) is 0 Å². The number of likely N-dealkylation sites (tertiary alicyclic amines) is 1. The van der Waals surface area contributed by atoms with Crippen molar-refractivity contribution in [2.45, 2.75) is 32.1 Å². The predicted molar refractivity (Wildman–Crippen MR) is 76.1 cm³/mol. The van der Waals surface area contributed by atoms with Crippen LogP contribution in [0.1, 0.15) is 31.2 Å². The van der Waals surface area contributed by atoms with Gasteiger partial charge in [-0.3, -0.25) is 4.79 Å². The van der Waals surface area contributed by atoms with Gasteiger partial charge in [0.1, 0.15) is 5.82 Å². The number of aryl methyl sites for hydroxylation is 1. The van der Waals surface area contributed by atoms with Gasteiger partial charge in [-0.2, -0.15) is 0 Å². The highest BCUT2D eigenvalue weighted by Crippen LogP contribution is 2.21. The largest absolute Gasteiger partial charge is 0.481 e. The molecule has 0 saturated carbocycles. The highest BCUT2D eigenvalue weighted by Gasteiger charge is 2.20. The molecule has 1 aliphatic heterocycles. The summed E-state index contributed by atoms with van der Waals surface area (Å²) < 4.78 is 13.1. The number of carboxylic acids is 1. The van der Waals surface area contributed by atoms with E-state index in [1.54, 1.807) is 12.1 Å². The van der Waals surface area contributed by atoms with E-state index >= 15 is 0 Å². The molecule has 0 radical (unpaired) electrons. The van der Waals surface area contributed by atoms with Crippen molar-refractivity contribution in [2.24, 2.45) is 5.92 Å². The molecule has 1 heterocycles. The van der Waals surface area contributed by atoms with Gasteiger partial charge in [0.25, 0.3) is 0 Å². The molecule has 2 rings (SSSR count). The van der Waals surface area contributed by atoms with Crippen LogP contribution in [0.4, 0.5) is 4.39 Å². The van der Waals surface area contributed by atoms with Crippen LogP contribution < -0.4 is 0 Å². The third kappa shape index (κ3) is 4.93. The molecule has 1 fully saturated rings. The molecule has 20 heavy (non-hydrogen) atoms. The maximum atomic E-state index is 13.1. The minimum Gasteiger partial charge on any atom is -0.481 e. The number of hydrogen-bond donors (Lipinski definition) is 1. The number of piperidine rings is 1. The Bertz CT molecular complexity index is 450. The normalized spacial score (nSPS) is 19.9. The first-order valence-electron chi connectivity index (χ1n) is 7.32. The highest BCUT2D eigenvalue weighted by atomic mass is 19.1. The predicted octanol–water partition coefficient (Wildman–Crippen LogP) is 2.95. The molecule has 4 heteroatoms. The maximum absolute atomic E-state index is 13.1. The topological polar surface area (TPSA) is 40.5 Å². The molecule has 0 spiro atoms. The van der Waals surface area contributed by atoms with Crippen molar-refractivity contribution >= 4 is 5.97 Å². The first-order chi connectivity index (χ1) is 9.63. The SMILES string of the molecule is O=C(O)CCN1CCC[C@H](CCc2cccc(F)c2)C1. The summed E-state index contributed by atoms with van der Waals surface area (Å²) in [7, 11) is 0. The van der Waals surface area contributed by atoms with E-state index in [-0.39, 0.29) is 12.2 Å². The molecule has 0 unspecified atom stereocenters. The molecule has 0 aromatic heterocycles. The number of hydrogen-bond acceptors (Lipinski definition) is 2. The van der Waals surface area contributed by atoms with Gasteiger partial charge in [0.05, 0.1) is 6.42 Å². The van der Waals surface area contributed by atoms with E-state index < -0.39 is 5.97 Å². The summed E-state index contributed by atoms with van der Waals surface area (Å²) in [6.45, 7) is 2.62. The van der Waals surface area contributed by atoms with Crippen LogP contribution in [0.2, 0.25) is 0 Å².